The third-order valence-corrected chi connectivity index (χ3v) is 8.70. The van der Waals surface area contributed by atoms with E-state index < -0.39 is 9.84 Å². The summed E-state index contributed by atoms with van der Waals surface area (Å²) in [6, 6.07) is 7.76. The minimum atomic E-state index is -3.09. The first kappa shape index (κ1) is 20.4. The lowest BCUT2D eigenvalue weighted by Gasteiger charge is -2.28. The summed E-state index contributed by atoms with van der Waals surface area (Å²) in [5.41, 5.74) is 2.65. The van der Waals surface area contributed by atoms with E-state index in [9.17, 15) is 18.0 Å². The van der Waals surface area contributed by atoms with Gasteiger partial charge in [-0.3, -0.25) is 14.2 Å². The summed E-state index contributed by atoms with van der Waals surface area (Å²) in [6.45, 7) is 1.88. The van der Waals surface area contributed by atoms with Crippen LogP contribution in [0.5, 0.6) is 0 Å². The number of amides is 1. The quantitative estimate of drug-likeness (QED) is 0.588. The molecule has 1 aliphatic heterocycles. The SMILES string of the molecule is Cc1ccc(-c2csc3ncn(CC(=O)N(C4CC4)[C@H]4CCS(=O)(=O)C4)c(=O)c23)cc1. The van der Waals surface area contributed by atoms with Gasteiger partial charge in [0.15, 0.2) is 9.84 Å². The molecule has 0 unspecified atom stereocenters. The van der Waals surface area contributed by atoms with E-state index in [1.165, 1.54) is 22.2 Å². The molecule has 1 amide bonds. The molecule has 5 rings (SSSR count). The molecule has 2 aromatic heterocycles. The monoisotopic (exact) mass is 457 g/mol. The molecule has 162 valence electrons. The van der Waals surface area contributed by atoms with E-state index in [2.05, 4.69) is 4.98 Å². The van der Waals surface area contributed by atoms with Crippen molar-refractivity contribution in [2.75, 3.05) is 11.5 Å². The van der Waals surface area contributed by atoms with Gasteiger partial charge in [0, 0.05) is 23.0 Å². The molecule has 3 heterocycles. The van der Waals surface area contributed by atoms with Gasteiger partial charge in [-0.05, 0) is 31.7 Å². The molecule has 1 saturated carbocycles. The number of carbonyl (C=O) groups is 1. The van der Waals surface area contributed by atoms with Crippen LogP contribution in [0, 0.1) is 6.92 Å². The van der Waals surface area contributed by atoms with E-state index in [1.54, 1.807) is 4.90 Å². The second kappa shape index (κ2) is 7.56. The highest BCUT2D eigenvalue weighted by Gasteiger charge is 2.42. The fraction of sp³-hybridized carbons (Fsp3) is 0.409. The molecule has 0 radical (unpaired) electrons. The number of sulfone groups is 1. The van der Waals surface area contributed by atoms with E-state index in [0.717, 1.165) is 29.5 Å². The Hall–Kier alpha value is -2.52. The number of hydrogen-bond acceptors (Lipinski definition) is 6. The summed E-state index contributed by atoms with van der Waals surface area (Å²) in [7, 11) is -3.09. The summed E-state index contributed by atoms with van der Waals surface area (Å²) < 4.78 is 25.2. The number of nitrogens with zero attached hydrogens (tertiary/aromatic N) is 3. The van der Waals surface area contributed by atoms with Gasteiger partial charge in [0.05, 0.1) is 23.2 Å². The predicted octanol–water partition coefficient (Wildman–Crippen LogP) is 2.61. The first-order valence-electron chi connectivity index (χ1n) is 10.4. The average molecular weight is 458 g/mol. The standard InChI is InChI=1S/C22H23N3O4S2/c1-14-2-4-15(5-3-14)18-11-30-21-20(18)22(27)24(13-23-21)10-19(26)25(16-6-7-16)17-8-9-31(28,29)12-17/h2-5,11,13,16-17H,6-10,12H2,1H3/t17-/m0/s1. The molecule has 3 aromatic rings. The third-order valence-electron chi connectivity index (χ3n) is 6.06. The zero-order valence-electron chi connectivity index (χ0n) is 17.2. The normalized spacial score (nSPS) is 20.2. The second-order valence-electron chi connectivity index (χ2n) is 8.46. The van der Waals surface area contributed by atoms with Gasteiger partial charge < -0.3 is 4.90 Å². The van der Waals surface area contributed by atoms with Crippen molar-refractivity contribution in [2.45, 2.75) is 44.8 Å². The average Bonchev–Trinajstić information content (AvgIpc) is 3.35. The lowest BCUT2D eigenvalue weighted by molar-refractivity contribution is -0.134. The Balaban J connectivity index is 1.47. The minimum absolute atomic E-state index is 0.0174. The molecule has 31 heavy (non-hydrogen) atoms. The van der Waals surface area contributed by atoms with Crippen molar-refractivity contribution in [1.82, 2.24) is 14.5 Å². The van der Waals surface area contributed by atoms with E-state index in [-0.39, 0.29) is 41.6 Å². The number of fused-ring (bicyclic) bond motifs is 1. The number of carbonyl (C=O) groups excluding carboxylic acids is 1. The number of benzene rings is 1. The van der Waals surface area contributed by atoms with Gasteiger partial charge in [0.1, 0.15) is 11.4 Å². The van der Waals surface area contributed by atoms with Crippen molar-refractivity contribution in [3.8, 4) is 11.1 Å². The number of hydrogen-bond donors (Lipinski definition) is 0. The number of rotatable bonds is 5. The molecule has 2 aliphatic rings. The van der Waals surface area contributed by atoms with Gasteiger partial charge in [-0.15, -0.1) is 11.3 Å². The van der Waals surface area contributed by atoms with Crippen LogP contribution in [0.3, 0.4) is 0 Å². The molecule has 2 fully saturated rings. The number of thiophene rings is 1. The van der Waals surface area contributed by atoms with Crippen LogP contribution in [-0.4, -0.2) is 52.4 Å². The van der Waals surface area contributed by atoms with Gasteiger partial charge >= 0.3 is 0 Å². The van der Waals surface area contributed by atoms with Gasteiger partial charge in [-0.25, -0.2) is 13.4 Å². The van der Waals surface area contributed by atoms with Crippen molar-refractivity contribution in [2.24, 2.45) is 0 Å². The maximum absolute atomic E-state index is 13.3. The molecule has 0 N–H and O–H groups in total. The summed E-state index contributed by atoms with van der Waals surface area (Å²) in [6.07, 6.45) is 3.67. The molecule has 1 aromatic carbocycles. The summed E-state index contributed by atoms with van der Waals surface area (Å²) in [5, 5.41) is 2.45. The van der Waals surface area contributed by atoms with Crippen LogP contribution >= 0.6 is 11.3 Å². The zero-order chi connectivity index (χ0) is 21.8. The second-order valence-corrected chi connectivity index (χ2v) is 11.5. The Labute approximate surface area is 184 Å². The largest absolute Gasteiger partial charge is 0.334 e. The van der Waals surface area contributed by atoms with E-state index >= 15 is 0 Å². The van der Waals surface area contributed by atoms with Crippen LogP contribution in [0.25, 0.3) is 21.3 Å². The maximum atomic E-state index is 13.3. The highest BCUT2D eigenvalue weighted by molar-refractivity contribution is 7.91. The van der Waals surface area contributed by atoms with Crippen molar-refractivity contribution in [3.05, 3.63) is 51.9 Å². The summed E-state index contributed by atoms with van der Waals surface area (Å²) >= 11 is 1.41. The number of aromatic nitrogens is 2. The summed E-state index contributed by atoms with van der Waals surface area (Å²) in [5.74, 6) is -0.0695. The topological polar surface area (TPSA) is 89.3 Å². The van der Waals surface area contributed by atoms with Crippen molar-refractivity contribution in [3.63, 3.8) is 0 Å². The Morgan fingerprint density at radius 2 is 1.94 bits per heavy atom. The van der Waals surface area contributed by atoms with E-state index in [0.29, 0.717) is 16.6 Å². The molecule has 0 spiro atoms. The van der Waals surface area contributed by atoms with Crippen molar-refractivity contribution < 1.29 is 13.2 Å². The molecular formula is C22H23N3O4S2. The molecule has 9 heteroatoms. The van der Waals surface area contributed by atoms with Crippen molar-refractivity contribution >= 4 is 37.3 Å². The minimum Gasteiger partial charge on any atom is -0.334 e. The highest BCUT2D eigenvalue weighted by Crippen LogP contribution is 2.33. The van der Waals surface area contributed by atoms with Crippen LogP contribution in [0.2, 0.25) is 0 Å². The maximum Gasteiger partial charge on any atom is 0.263 e. The highest BCUT2D eigenvalue weighted by atomic mass is 32.2. The van der Waals surface area contributed by atoms with Crippen LogP contribution < -0.4 is 5.56 Å². The smallest absolute Gasteiger partial charge is 0.263 e. The van der Waals surface area contributed by atoms with Gasteiger partial charge in [-0.2, -0.15) is 0 Å². The third kappa shape index (κ3) is 3.92. The fourth-order valence-corrected chi connectivity index (χ4v) is 6.92. The zero-order valence-corrected chi connectivity index (χ0v) is 18.8. The van der Waals surface area contributed by atoms with Crippen molar-refractivity contribution in [1.29, 1.82) is 0 Å². The number of aryl methyl sites for hydroxylation is 1. The Morgan fingerprint density at radius 3 is 2.58 bits per heavy atom. The van der Waals surface area contributed by atoms with Crippen LogP contribution in [-0.2, 0) is 21.2 Å². The molecule has 1 atom stereocenters. The molecule has 7 nitrogen and oxygen atoms in total. The Kier molecular flexibility index (Phi) is 4.97. The van der Waals surface area contributed by atoms with Crippen LogP contribution in [0.4, 0.5) is 0 Å². The lowest BCUT2D eigenvalue weighted by atomic mass is 10.1. The predicted molar refractivity (Wildman–Crippen MR) is 121 cm³/mol. The van der Waals surface area contributed by atoms with Crippen LogP contribution in [0.1, 0.15) is 24.8 Å². The van der Waals surface area contributed by atoms with Gasteiger partial charge in [0.2, 0.25) is 5.91 Å². The van der Waals surface area contributed by atoms with Gasteiger partial charge in [-0.1, -0.05) is 29.8 Å². The van der Waals surface area contributed by atoms with E-state index in [1.807, 2.05) is 36.6 Å². The summed E-state index contributed by atoms with van der Waals surface area (Å²) in [4.78, 5) is 33.2. The van der Waals surface area contributed by atoms with E-state index in [4.69, 9.17) is 0 Å². The molecular weight excluding hydrogens is 434 g/mol. The van der Waals surface area contributed by atoms with Crippen LogP contribution in [0.15, 0.2) is 40.8 Å². The first-order valence-corrected chi connectivity index (χ1v) is 13.1. The van der Waals surface area contributed by atoms with Gasteiger partial charge in [0.25, 0.3) is 5.56 Å². The first-order chi connectivity index (χ1) is 14.8. The lowest BCUT2D eigenvalue weighted by Crippen LogP contribution is -2.45. The fourth-order valence-electron chi connectivity index (χ4n) is 4.31. The molecule has 0 bridgehead atoms. The Bertz CT molecular complexity index is 1320. The Morgan fingerprint density at radius 1 is 1.19 bits per heavy atom. The molecule has 1 aliphatic carbocycles. The molecule has 1 saturated heterocycles.